The van der Waals surface area contributed by atoms with Crippen LogP contribution in [0.3, 0.4) is 0 Å². The standard InChI is InChI=1S/C19H26F2N6O2S/c1-18(2,3)15-11-16(26(4)25-15)30(29)19(20,21)13-6-9-27(10-7-13)17(28)24-14-5-8-22-23-12-14/h5,8,11-13H,6-7,9-10H2,1-4H3,(H,22,24,28). The summed E-state index contributed by atoms with van der Waals surface area (Å²) >= 11 is 0. The summed E-state index contributed by atoms with van der Waals surface area (Å²) in [5, 5.41) is 10.8. The molecule has 1 unspecified atom stereocenters. The molecule has 164 valence electrons. The number of nitrogens with zero attached hydrogens (tertiary/aromatic N) is 5. The highest BCUT2D eigenvalue weighted by Crippen LogP contribution is 2.39. The van der Waals surface area contributed by atoms with Gasteiger partial charge in [0.25, 0.3) is 0 Å². The summed E-state index contributed by atoms with van der Waals surface area (Å²) in [6, 6.07) is 2.71. The highest BCUT2D eigenvalue weighted by Gasteiger charge is 2.48. The van der Waals surface area contributed by atoms with E-state index < -0.39 is 22.0 Å². The van der Waals surface area contributed by atoms with Crippen molar-refractivity contribution in [1.29, 1.82) is 0 Å². The van der Waals surface area contributed by atoms with Crippen LogP contribution in [0.1, 0.15) is 39.3 Å². The minimum absolute atomic E-state index is 0.00952. The second kappa shape index (κ2) is 8.37. The highest BCUT2D eigenvalue weighted by atomic mass is 32.2. The van der Waals surface area contributed by atoms with Gasteiger partial charge in [0.05, 0.1) is 23.8 Å². The van der Waals surface area contributed by atoms with Gasteiger partial charge in [-0.3, -0.25) is 4.68 Å². The zero-order chi connectivity index (χ0) is 22.1. The Morgan fingerprint density at radius 3 is 2.43 bits per heavy atom. The van der Waals surface area contributed by atoms with Crippen LogP contribution in [0.15, 0.2) is 29.6 Å². The number of aromatic nitrogens is 4. The van der Waals surface area contributed by atoms with Crippen molar-refractivity contribution in [3.63, 3.8) is 0 Å². The number of alkyl halides is 2. The van der Waals surface area contributed by atoms with E-state index in [-0.39, 0.29) is 42.4 Å². The van der Waals surface area contributed by atoms with Crippen LogP contribution in [0, 0.1) is 5.92 Å². The molecule has 2 aromatic heterocycles. The fourth-order valence-corrected chi connectivity index (χ4v) is 4.58. The van der Waals surface area contributed by atoms with Crippen LogP contribution in [-0.2, 0) is 23.3 Å². The monoisotopic (exact) mass is 440 g/mol. The lowest BCUT2D eigenvalue weighted by molar-refractivity contribution is 0.00474. The summed E-state index contributed by atoms with van der Waals surface area (Å²) in [4.78, 5) is 13.8. The SMILES string of the molecule is Cn1nc(C(C)(C)C)cc1S(=O)C(F)(F)C1CCN(C(=O)Nc2ccnnc2)CC1. The van der Waals surface area contributed by atoms with E-state index in [9.17, 15) is 9.00 Å². The van der Waals surface area contributed by atoms with Crippen LogP contribution >= 0.6 is 0 Å². The number of carbonyl (C=O) groups excluding carboxylic acids is 1. The van der Waals surface area contributed by atoms with Crippen molar-refractivity contribution in [2.24, 2.45) is 13.0 Å². The molecule has 1 atom stereocenters. The van der Waals surface area contributed by atoms with E-state index in [4.69, 9.17) is 0 Å². The second-order valence-electron chi connectivity index (χ2n) is 8.39. The van der Waals surface area contributed by atoms with Gasteiger partial charge in [-0.25, -0.2) is 9.00 Å². The summed E-state index contributed by atoms with van der Waals surface area (Å²) in [6.07, 6.45) is 2.97. The number of halogens is 2. The quantitative estimate of drug-likeness (QED) is 0.788. The molecule has 1 aliphatic rings. The number of hydrogen-bond acceptors (Lipinski definition) is 5. The molecule has 0 radical (unpaired) electrons. The van der Waals surface area contributed by atoms with Gasteiger partial charge in [0.15, 0.2) is 0 Å². The molecule has 11 heteroatoms. The van der Waals surface area contributed by atoms with Gasteiger partial charge in [-0.05, 0) is 25.0 Å². The third-order valence-electron chi connectivity index (χ3n) is 5.14. The summed E-state index contributed by atoms with van der Waals surface area (Å²) in [5.41, 5.74) is 0.758. The summed E-state index contributed by atoms with van der Waals surface area (Å²) in [6.45, 7) is 6.07. The van der Waals surface area contributed by atoms with Gasteiger partial charge in [-0.2, -0.15) is 24.1 Å². The number of hydrogen-bond donors (Lipinski definition) is 1. The average Bonchev–Trinajstić information content (AvgIpc) is 3.10. The van der Waals surface area contributed by atoms with E-state index in [0.717, 1.165) is 0 Å². The summed E-state index contributed by atoms with van der Waals surface area (Å²) < 4.78 is 44.2. The molecule has 2 amide bonds. The third kappa shape index (κ3) is 4.66. The van der Waals surface area contributed by atoms with Crippen LogP contribution in [0.25, 0.3) is 0 Å². The van der Waals surface area contributed by atoms with Gasteiger partial charge >= 0.3 is 11.3 Å². The third-order valence-corrected chi connectivity index (χ3v) is 6.73. The van der Waals surface area contributed by atoms with E-state index in [1.54, 1.807) is 6.07 Å². The van der Waals surface area contributed by atoms with Crippen molar-refractivity contribution in [2.45, 2.75) is 49.3 Å². The molecule has 1 N–H and O–H groups in total. The van der Waals surface area contributed by atoms with Crippen LogP contribution in [0.5, 0.6) is 0 Å². The number of piperidine rings is 1. The molecule has 0 bridgehead atoms. The normalized spacial score (nSPS) is 17.1. The van der Waals surface area contributed by atoms with E-state index in [2.05, 4.69) is 20.6 Å². The fraction of sp³-hybridized carbons (Fsp3) is 0.579. The molecule has 0 spiro atoms. The lowest BCUT2D eigenvalue weighted by Crippen LogP contribution is -2.46. The molecule has 1 aliphatic heterocycles. The van der Waals surface area contributed by atoms with Gasteiger partial charge in [0.2, 0.25) is 0 Å². The molecule has 3 rings (SSSR count). The average molecular weight is 441 g/mol. The predicted octanol–water partition coefficient (Wildman–Crippen LogP) is 3.15. The molecule has 1 fully saturated rings. The van der Waals surface area contributed by atoms with E-state index in [0.29, 0.717) is 11.4 Å². The zero-order valence-corrected chi connectivity index (χ0v) is 18.2. The molecular weight excluding hydrogens is 414 g/mol. The van der Waals surface area contributed by atoms with E-state index in [1.165, 1.54) is 35.1 Å². The van der Waals surface area contributed by atoms with E-state index in [1.807, 2.05) is 20.8 Å². The first-order valence-electron chi connectivity index (χ1n) is 9.67. The van der Waals surface area contributed by atoms with Crippen molar-refractivity contribution in [3.05, 3.63) is 30.2 Å². The molecule has 0 aromatic carbocycles. The molecule has 0 aliphatic carbocycles. The topological polar surface area (TPSA) is 93.0 Å². The predicted molar refractivity (Wildman–Crippen MR) is 109 cm³/mol. The Morgan fingerprint density at radius 1 is 1.23 bits per heavy atom. The minimum atomic E-state index is -3.42. The number of rotatable bonds is 4. The first-order chi connectivity index (χ1) is 14.0. The maximum atomic E-state index is 15.1. The number of carbonyl (C=O) groups is 1. The minimum Gasteiger partial charge on any atom is -0.325 e. The Hall–Kier alpha value is -2.43. The van der Waals surface area contributed by atoms with Crippen LogP contribution in [-0.4, -0.2) is 53.5 Å². The Kier molecular flexibility index (Phi) is 6.21. The maximum Gasteiger partial charge on any atom is 0.329 e. The largest absolute Gasteiger partial charge is 0.329 e. The Morgan fingerprint density at radius 2 is 1.90 bits per heavy atom. The molecule has 0 saturated carbocycles. The van der Waals surface area contributed by atoms with E-state index >= 15 is 8.78 Å². The van der Waals surface area contributed by atoms with Gasteiger partial charge in [0, 0.05) is 31.5 Å². The number of anilines is 1. The Balaban J connectivity index is 1.65. The molecule has 8 nitrogen and oxygen atoms in total. The fourth-order valence-electron chi connectivity index (χ4n) is 3.27. The smallest absolute Gasteiger partial charge is 0.325 e. The van der Waals surface area contributed by atoms with Crippen molar-refractivity contribution in [2.75, 3.05) is 18.4 Å². The number of amides is 2. The van der Waals surface area contributed by atoms with Crippen molar-refractivity contribution >= 4 is 22.5 Å². The lowest BCUT2D eigenvalue weighted by Gasteiger charge is -2.35. The summed E-state index contributed by atoms with van der Waals surface area (Å²) in [5.74, 6) is -1.09. The van der Waals surface area contributed by atoms with Crippen molar-refractivity contribution in [3.8, 4) is 0 Å². The first kappa shape index (κ1) is 22.3. The molecular formula is C19H26F2N6O2S. The van der Waals surface area contributed by atoms with Crippen molar-refractivity contribution < 1.29 is 17.8 Å². The number of nitrogens with one attached hydrogen (secondary N) is 1. The molecule has 2 aromatic rings. The van der Waals surface area contributed by atoms with Crippen LogP contribution in [0.2, 0.25) is 0 Å². The zero-order valence-electron chi connectivity index (χ0n) is 17.4. The summed E-state index contributed by atoms with van der Waals surface area (Å²) in [7, 11) is -1.01. The maximum absolute atomic E-state index is 15.1. The number of urea groups is 1. The Bertz CT molecular complexity index is 921. The van der Waals surface area contributed by atoms with Gasteiger partial charge in [-0.1, -0.05) is 20.8 Å². The van der Waals surface area contributed by atoms with Crippen LogP contribution in [0.4, 0.5) is 19.3 Å². The highest BCUT2D eigenvalue weighted by molar-refractivity contribution is 7.86. The van der Waals surface area contributed by atoms with Crippen LogP contribution < -0.4 is 5.32 Å². The molecule has 3 heterocycles. The molecule has 30 heavy (non-hydrogen) atoms. The van der Waals surface area contributed by atoms with Crippen molar-refractivity contribution in [1.82, 2.24) is 24.9 Å². The van der Waals surface area contributed by atoms with Gasteiger partial charge in [-0.15, -0.1) is 0 Å². The molecule has 1 saturated heterocycles. The second-order valence-corrected chi connectivity index (χ2v) is 9.89. The first-order valence-corrected chi connectivity index (χ1v) is 10.8. The van der Waals surface area contributed by atoms with Gasteiger partial charge in [0.1, 0.15) is 15.8 Å². The number of likely N-dealkylation sites (tertiary alicyclic amines) is 1. The number of aryl methyl sites for hydroxylation is 1. The Labute approximate surface area is 176 Å². The van der Waals surface area contributed by atoms with Gasteiger partial charge < -0.3 is 10.2 Å². The lowest BCUT2D eigenvalue weighted by atomic mass is 9.93.